The van der Waals surface area contributed by atoms with Crippen molar-refractivity contribution in [2.75, 3.05) is 38.2 Å². The summed E-state index contributed by atoms with van der Waals surface area (Å²) in [6, 6.07) is 15.5. The Bertz CT molecular complexity index is 918. The van der Waals surface area contributed by atoms with E-state index in [1.165, 1.54) is 17.4 Å². The second kappa shape index (κ2) is 8.29. The number of halogens is 1. The van der Waals surface area contributed by atoms with Gasteiger partial charge in [0, 0.05) is 36.9 Å². The van der Waals surface area contributed by atoms with Crippen LogP contribution >= 0.6 is 23.4 Å². The van der Waals surface area contributed by atoms with Crippen molar-refractivity contribution < 1.29 is 9.53 Å². The maximum atomic E-state index is 12.3. The Balaban J connectivity index is 1.38. The number of anilines is 1. The molecule has 0 unspecified atom stereocenters. The summed E-state index contributed by atoms with van der Waals surface area (Å²) in [7, 11) is 1.64. The first kappa shape index (κ1) is 18.9. The molecule has 0 radical (unpaired) electrons. The molecule has 1 fully saturated rings. The Morgan fingerprint density at radius 1 is 1.00 bits per heavy atom. The van der Waals surface area contributed by atoms with Gasteiger partial charge in [-0.1, -0.05) is 23.7 Å². The molecule has 4 rings (SSSR count). The van der Waals surface area contributed by atoms with Gasteiger partial charge in [0.2, 0.25) is 0 Å². The number of hydrogen-bond acceptors (Lipinski definition) is 5. The lowest BCUT2D eigenvalue weighted by atomic mass is 10.2. The molecule has 5 nitrogen and oxygen atoms in total. The number of carbonyl (C=O) groups is 1. The van der Waals surface area contributed by atoms with Crippen LogP contribution in [0.3, 0.4) is 0 Å². The molecule has 1 amide bonds. The van der Waals surface area contributed by atoms with Crippen molar-refractivity contribution in [1.29, 1.82) is 0 Å². The quantitative estimate of drug-likeness (QED) is 0.707. The molecule has 28 heavy (non-hydrogen) atoms. The number of thioether (sulfide) groups is 1. The number of ether oxygens (including phenoxy) is 1. The number of methoxy groups -OCH3 is 1. The molecule has 0 spiro atoms. The number of amidine groups is 1. The molecule has 0 N–H and O–H groups in total. The largest absolute Gasteiger partial charge is 0.497 e. The van der Waals surface area contributed by atoms with Gasteiger partial charge >= 0.3 is 0 Å². The highest BCUT2D eigenvalue weighted by Crippen LogP contribution is 2.31. The number of benzene rings is 2. The van der Waals surface area contributed by atoms with Gasteiger partial charge in [-0.05, 0) is 59.8 Å². The third-order valence-corrected chi connectivity index (χ3v) is 6.06. The number of hydrogen-bond donors (Lipinski definition) is 0. The van der Waals surface area contributed by atoms with Gasteiger partial charge in [0.05, 0.1) is 12.0 Å². The molecule has 7 heteroatoms. The van der Waals surface area contributed by atoms with E-state index in [0.717, 1.165) is 47.7 Å². The lowest BCUT2D eigenvalue weighted by molar-refractivity contribution is -0.113. The topological polar surface area (TPSA) is 45.1 Å². The number of piperazine rings is 1. The minimum absolute atomic E-state index is 0.170. The second-order valence-electron chi connectivity index (χ2n) is 6.53. The first-order valence-electron chi connectivity index (χ1n) is 9.04. The predicted octanol–water partition coefficient (Wildman–Crippen LogP) is 4.14. The molecule has 1 saturated heterocycles. The van der Waals surface area contributed by atoms with Gasteiger partial charge in [0.25, 0.3) is 5.91 Å². The van der Waals surface area contributed by atoms with Gasteiger partial charge in [-0.2, -0.15) is 4.99 Å². The smallest absolute Gasteiger partial charge is 0.286 e. The summed E-state index contributed by atoms with van der Waals surface area (Å²) in [6.07, 6.45) is 1.88. The van der Waals surface area contributed by atoms with Crippen molar-refractivity contribution in [3.8, 4) is 5.75 Å². The average Bonchev–Trinajstić information content (AvgIpc) is 3.09. The fraction of sp³-hybridized carbons (Fsp3) is 0.238. The third kappa shape index (κ3) is 4.18. The van der Waals surface area contributed by atoms with Crippen molar-refractivity contribution in [3.63, 3.8) is 0 Å². The van der Waals surface area contributed by atoms with Crippen LogP contribution in [0.5, 0.6) is 5.75 Å². The van der Waals surface area contributed by atoms with Crippen LogP contribution in [0.2, 0.25) is 5.02 Å². The summed E-state index contributed by atoms with van der Waals surface area (Å²) in [5.41, 5.74) is 2.13. The lowest BCUT2D eigenvalue weighted by Crippen LogP contribution is -2.47. The highest BCUT2D eigenvalue weighted by molar-refractivity contribution is 8.18. The second-order valence-corrected chi connectivity index (χ2v) is 7.98. The first-order chi connectivity index (χ1) is 13.6. The average molecular weight is 414 g/mol. The van der Waals surface area contributed by atoms with Crippen molar-refractivity contribution >= 4 is 46.2 Å². The Kier molecular flexibility index (Phi) is 5.59. The summed E-state index contributed by atoms with van der Waals surface area (Å²) in [6.45, 7) is 3.43. The van der Waals surface area contributed by atoms with E-state index in [4.69, 9.17) is 16.3 Å². The Morgan fingerprint density at radius 3 is 2.29 bits per heavy atom. The fourth-order valence-electron chi connectivity index (χ4n) is 3.19. The van der Waals surface area contributed by atoms with Crippen LogP contribution in [0.1, 0.15) is 5.56 Å². The Morgan fingerprint density at radius 2 is 1.64 bits per heavy atom. The molecule has 0 bridgehead atoms. The molecule has 0 aliphatic carbocycles. The van der Waals surface area contributed by atoms with E-state index in [1.807, 2.05) is 54.6 Å². The summed E-state index contributed by atoms with van der Waals surface area (Å²) >= 11 is 7.42. The van der Waals surface area contributed by atoms with E-state index in [2.05, 4.69) is 14.8 Å². The van der Waals surface area contributed by atoms with Crippen LogP contribution in [-0.4, -0.2) is 49.3 Å². The molecule has 2 aromatic rings. The Hall–Kier alpha value is -2.44. The minimum Gasteiger partial charge on any atom is -0.497 e. The highest BCUT2D eigenvalue weighted by Gasteiger charge is 2.28. The summed E-state index contributed by atoms with van der Waals surface area (Å²) in [5.74, 6) is 0.624. The monoisotopic (exact) mass is 413 g/mol. The molecular weight excluding hydrogens is 394 g/mol. The highest BCUT2D eigenvalue weighted by atomic mass is 35.5. The van der Waals surface area contributed by atoms with E-state index < -0.39 is 0 Å². The summed E-state index contributed by atoms with van der Waals surface area (Å²) in [5, 5.41) is 1.54. The van der Waals surface area contributed by atoms with E-state index in [0.29, 0.717) is 4.91 Å². The van der Waals surface area contributed by atoms with Crippen LogP contribution in [-0.2, 0) is 4.79 Å². The van der Waals surface area contributed by atoms with Crippen molar-refractivity contribution in [1.82, 2.24) is 4.90 Å². The normalized spacial score (nSPS) is 18.6. The standard InChI is InChI=1S/C21H20ClN3O2S/c1-27-18-8-2-15(3-9-18)14-19-20(26)23-21(28-19)25-12-10-24(11-13-25)17-6-4-16(22)5-7-17/h2-9,14H,10-13H2,1H3/b19-14-. The molecule has 0 saturated carbocycles. The van der Waals surface area contributed by atoms with Crippen molar-refractivity contribution in [3.05, 3.63) is 64.0 Å². The maximum Gasteiger partial charge on any atom is 0.286 e. The van der Waals surface area contributed by atoms with Gasteiger partial charge in [0.1, 0.15) is 5.75 Å². The van der Waals surface area contributed by atoms with Gasteiger partial charge in [-0.15, -0.1) is 0 Å². The minimum atomic E-state index is -0.170. The molecule has 0 aromatic heterocycles. The number of amides is 1. The maximum absolute atomic E-state index is 12.3. The molecular formula is C21H20ClN3O2S. The molecule has 2 aliphatic heterocycles. The third-order valence-electron chi connectivity index (χ3n) is 4.76. The summed E-state index contributed by atoms with van der Waals surface area (Å²) < 4.78 is 5.17. The van der Waals surface area contributed by atoms with Crippen LogP contribution < -0.4 is 9.64 Å². The molecule has 2 aliphatic rings. The molecule has 2 heterocycles. The predicted molar refractivity (Wildman–Crippen MR) is 116 cm³/mol. The summed E-state index contributed by atoms with van der Waals surface area (Å²) in [4.78, 5) is 21.8. The Labute approximate surface area is 173 Å². The fourth-order valence-corrected chi connectivity index (χ4v) is 4.28. The van der Waals surface area contributed by atoms with Crippen molar-refractivity contribution in [2.45, 2.75) is 0 Å². The van der Waals surface area contributed by atoms with Gasteiger partial charge in [-0.3, -0.25) is 4.79 Å². The van der Waals surface area contributed by atoms with E-state index in [9.17, 15) is 4.79 Å². The zero-order valence-electron chi connectivity index (χ0n) is 15.5. The van der Waals surface area contributed by atoms with E-state index in [-0.39, 0.29) is 5.91 Å². The molecule has 2 aromatic carbocycles. The first-order valence-corrected chi connectivity index (χ1v) is 10.2. The number of nitrogens with zero attached hydrogens (tertiary/aromatic N) is 3. The van der Waals surface area contributed by atoms with E-state index in [1.54, 1.807) is 7.11 Å². The van der Waals surface area contributed by atoms with Gasteiger partial charge in [0.15, 0.2) is 5.17 Å². The lowest BCUT2D eigenvalue weighted by Gasteiger charge is -2.36. The van der Waals surface area contributed by atoms with Crippen molar-refractivity contribution in [2.24, 2.45) is 4.99 Å². The van der Waals surface area contributed by atoms with Crippen LogP contribution in [0, 0.1) is 0 Å². The zero-order valence-corrected chi connectivity index (χ0v) is 17.0. The van der Waals surface area contributed by atoms with Crippen LogP contribution in [0.15, 0.2) is 58.4 Å². The molecule has 0 atom stereocenters. The molecule has 144 valence electrons. The SMILES string of the molecule is COc1ccc(/C=C2\SC(N3CCN(c4ccc(Cl)cc4)CC3)=NC2=O)cc1. The number of carbonyl (C=O) groups excluding carboxylic acids is 1. The van der Waals surface area contributed by atoms with Gasteiger partial charge < -0.3 is 14.5 Å². The van der Waals surface area contributed by atoms with Crippen LogP contribution in [0.4, 0.5) is 5.69 Å². The zero-order chi connectivity index (χ0) is 19.5. The van der Waals surface area contributed by atoms with Gasteiger partial charge in [-0.25, -0.2) is 0 Å². The number of aliphatic imine (C=N–C) groups is 1. The van der Waals surface area contributed by atoms with Crippen LogP contribution in [0.25, 0.3) is 6.08 Å². The number of rotatable bonds is 3. The van der Waals surface area contributed by atoms with E-state index >= 15 is 0 Å².